The van der Waals surface area contributed by atoms with Crippen molar-refractivity contribution in [3.63, 3.8) is 0 Å². The Labute approximate surface area is 102 Å². The molecule has 2 rings (SSSR count). The molecule has 0 unspecified atom stereocenters. The van der Waals surface area contributed by atoms with E-state index in [9.17, 15) is 0 Å². The van der Waals surface area contributed by atoms with E-state index < -0.39 is 0 Å². The highest BCUT2D eigenvalue weighted by Gasteiger charge is 1.94. The van der Waals surface area contributed by atoms with Gasteiger partial charge in [-0.05, 0) is 36.4 Å². The smallest absolute Gasteiger partial charge is 0.0385 e. The second kappa shape index (κ2) is 5.92. The second-order valence-corrected chi connectivity index (χ2v) is 3.78. The minimum atomic E-state index is 0.643. The Morgan fingerprint density at radius 1 is 0.765 bits per heavy atom. The molecule has 0 bridgehead atoms. The maximum absolute atomic E-state index is 5.43. The summed E-state index contributed by atoms with van der Waals surface area (Å²) in [6.45, 7) is 1.44. The Morgan fingerprint density at radius 3 is 2.00 bits per heavy atom. The Bertz CT molecular complexity index is 437. The fourth-order valence-electron chi connectivity index (χ4n) is 1.58. The van der Waals surface area contributed by atoms with Crippen LogP contribution in [-0.2, 0) is 0 Å². The molecule has 0 aliphatic rings. The minimum absolute atomic E-state index is 0.643. The number of anilines is 3. The van der Waals surface area contributed by atoms with Gasteiger partial charge in [0.25, 0.3) is 0 Å². The molecule has 0 aliphatic heterocycles. The van der Waals surface area contributed by atoms with Crippen molar-refractivity contribution in [2.45, 2.75) is 0 Å². The number of benzene rings is 2. The van der Waals surface area contributed by atoms with Crippen LogP contribution in [0.4, 0.5) is 17.1 Å². The molecule has 3 heteroatoms. The van der Waals surface area contributed by atoms with Crippen molar-refractivity contribution in [1.29, 1.82) is 0 Å². The number of rotatable bonds is 5. The summed E-state index contributed by atoms with van der Waals surface area (Å²) in [5, 5.41) is 6.57. The van der Waals surface area contributed by atoms with E-state index in [4.69, 9.17) is 5.73 Å². The van der Waals surface area contributed by atoms with Gasteiger partial charge in [-0.25, -0.2) is 0 Å². The van der Waals surface area contributed by atoms with Gasteiger partial charge in [-0.1, -0.05) is 18.2 Å². The first-order valence-corrected chi connectivity index (χ1v) is 5.74. The molecule has 0 amide bonds. The van der Waals surface area contributed by atoms with Gasteiger partial charge in [0.1, 0.15) is 0 Å². The third kappa shape index (κ3) is 3.50. The predicted molar refractivity (Wildman–Crippen MR) is 73.7 cm³/mol. The lowest BCUT2D eigenvalue weighted by Gasteiger charge is -2.08. The fraction of sp³-hybridized carbons (Fsp3) is 0.143. The van der Waals surface area contributed by atoms with Crippen molar-refractivity contribution in [3.05, 3.63) is 54.6 Å². The van der Waals surface area contributed by atoms with Crippen molar-refractivity contribution in [2.24, 2.45) is 5.73 Å². The highest BCUT2D eigenvalue weighted by Crippen LogP contribution is 2.18. The molecule has 0 aromatic heterocycles. The summed E-state index contributed by atoms with van der Waals surface area (Å²) >= 11 is 0. The molecule has 0 saturated carbocycles. The van der Waals surface area contributed by atoms with Gasteiger partial charge >= 0.3 is 0 Å². The van der Waals surface area contributed by atoms with Crippen LogP contribution in [0.3, 0.4) is 0 Å². The Kier molecular flexibility index (Phi) is 4.00. The molecule has 17 heavy (non-hydrogen) atoms. The number of nitrogens with one attached hydrogen (secondary N) is 2. The third-order valence-corrected chi connectivity index (χ3v) is 2.42. The van der Waals surface area contributed by atoms with Crippen LogP contribution < -0.4 is 16.4 Å². The fourth-order valence-corrected chi connectivity index (χ4v) is 1.58. The van der Waals surface area contributed by atoms with Crippen LogP contribution >= 0.6 is 0 Å². The van der Waals surface area contributed by atoms with E-state index in [0.29, 0.717) is 6.54 Å². The number of hydrogen-bond acceptors (Lipinski definition) is 3. The average molecular weight is 227 g/mol. The van der Waals surface area contributed by atoms with Crippen LogP contribution in [0.2, 0.25) is 0 Å². The second-order valence-electron chi connectivity index (χ2n) is 3.78. The summed E-state index contributed by atoms with van der Waals surface area (Å²) < 4.78 is 0. The van der Waals surface area contributed by atoms with Crippen molar-refractivity contribution in [3.8, 4) is 0 Å². The summed E-state index contributed by atoms with van der Waals surface area (Å²) in [5.74, 6) is 0. The van der Waals surface area contributed by atoms with Gasteiger partial charge in [-0.2, -0.15) is 0 Å². The van der Waals surface area contributed by atoms with Gasteiger partial charge in [-0.3, -0.25) is 0 Å². The molecule has 0 saturated heterocycles. The maximum atomic E-state index is 5.43. The van der Waals surface area contributed by atoms with Gasteiger partial charge in [0.2, 0.25) is 0 Å². The minimum Gasteiger partial charge on any atom is -0.384 e. The van der Waals surface area contributed by atoms with E-state index >= 15 is 0 Å². The summed E-state index contributed by atoms with van der Waals surface area (Å²) in [5.41, 5.74) is 8.70. The zero-order valence-corrected chi connectivity index (χ0v) is 9.69. The van der Waals surface area contributed by atoms with Crippen LogP contribution in [0, 0.1) is 0 Å². The van der Waals surface area contributed by atoms with Crippen LogP contribution in [0.1, 0.15) is 0 Å². The molecule has 3 nitrogen and oxygen atoms in total. The van der Waals surface area contributed by atoms with Crippen molar-refractivity contribution in [1.82, 2.24) is 0 Å². The molecular weight excluding hydrogens is 210 g/mol. The van der Waals surface area contributed by atoms with Gasteiger partial charge in [0.05, 0.1) is 0 Å². The normalized spacial score (nSPS) is 9.94. The molecule has 0 spiro atoms. The topological polar surface area (TPSA) is 50.1 Å². The van der Waals surface area contributed by atoms with Crippen LogP contribution in [0.25, 0.3) is 0 Å². The summed E-state index contributed by atoms with van der Waals surface area (Å²) in [6.07, 6.45) is 0. The van der Waals surface area contributed by atoms with Crippen LogP contribution in [-0.4, -0.2) is 13.1 Å². The molecule has 0 radical (unpaired) electrons. The number of para-hydroxylation sites is 1. The molecule has 0 aliphatic carbocycles. The highest BCUT2D eigenvalue weighted by molar-refractivity contribution is 5.62. The first-order valence-electron chi connectivity index (χ1n) is 5.74. The highest BCUT2D eigenvalue weighted by atomic mass is 14.9. The summed E-state index contributed by atoms with van der Waals surface area (Å²) in [6, 6.07) is 18.3. The van der Waals surface area contributed by atoms with E-state index in [1.165, 1.54) is 0 Å². The molecule has 2 aromatic rings. The Morgan fingerprint density at radius 2 is 1.35 bits per heavy atom. The van der Waals surface area contributed by atoms with E-state index in [2.05, 4.69) is 10.6 Å². The monoisotopic (exact) mass is 227 g/mol. The first kappa shape index (κ1) is 11.5. The first-order chi connectivity index (χ1) is 8.38. The molecule has 88 valence electrons. The lowest BCUT2D eigenvalue weighted by Crippen LogP contribution is -2.12. The predicted octanol–water partition coefficient (Wildman–Crippen LogP) is 2.80. The number of hydrogen-bond donors (Lipinski definition) is 3. The van der Waals surface area contributed by atoms with Crippen molar-refractivity contribution < 1.29 is 0 Å². The van der Waals surface area contributed by atoms with Gasteiger partial charge in [-0.15, -0.1) is 0 Å². The van der Waals surface area contributed by atoms with Crippen LogP contribution in [0.15, 0.2) is 54.6 Å². The van der Waals surface area contributed by atoms with E-state index in [1.807, 2.05) is 54.6 Å². The molecule has 4 N–H and O–H groups in total. The molecule has 0 heterocycles. The largest absolute Gasteiger partial charge is 0.384 e. The summed E-state index contributed by atoms with van der Waals surface area (Å²) in [7, 11) is 0. The van der Waals surface area contributed by atoms with Crippen LogP contribution in [0.5, 0.6) is 0 Å². The standard InChI is InChI=1S/C14H17N3/c15-10-11-16-12-6-8-14(9-7-12)17-13-4-2-1-3-5-13/h1-9,16-17H,10-11,15H2. The molecule has 2 aromatic carbocycles. The molecular formula is C14H17N3. The zero-order chi connectivity index (χ0) is 11.9. The lowest BCUT2D eigenvalue weighted by molar-refractivity contribution is 1.02. The van der Waals surface area contributed by atoms with Gasteiger partial charge in [0, 0.05) is 30.2 Å². The molecule has 0 fully saturated rings. The van der Waals surface area contributed by atoms with Crippen molar-refractivity contribution >= 4 is 17.1 Å². The average Bonchev–Trinajstić information content (AvgIpc) is 2.39. The van der Waals surface area contributed by atoms with E-state index in [0.717, 1.165) is 23.6 Å². The lowest BCUT2D eigenvalue weighted by atomic mass is 10.2. The van der Waals surface area contributed by atoms with Gasteiger partial charge < -0.3 is 16.4 Å². The quantitative estimate of drug-likeness (QED) is 0.736. The molecule has 0 atom stereocenters. The number of nitrogens with two attached hydrogens (primary N) is 1. The van der Waals surface area contributed by atoms with Gasteiger partial charge in [0.15, 0.2) is 0 Å². The van der Waals surface area contributed by atoms with E-state index in [1.54, 1.807) is 0 Å². The maximum Gasteiger partial charge on any atom is 0.0385 e. The Balaban J connectivity index is 1.98. The summed E-state index contributed by atoms with van der Waals surface area (Å²) in [4.78, 5) is 0. The SMILES string of the molecule is NCCNc1ccc(Nc2ccccc2)cc1. The van der Waals surface area contributed by atoms with E-state index in [-0.39, 0.29) is 0 Å². The Hall–Kier alpha value is -2.00. The zero-order valence-electron chi connectivity index (χ0n) is 9.69. The van der Waals surface area contributed by atoms with Crippen molar-refractivity contribution in [2.75, 3.05) is 23.7 Å². The third-order valence-electron chi connectivity index (χ3n) is 2.42.